The summed E-state index contributed by atoms with van der Waals surface area (Å²) in [5.74, 6) is 0.0489. The molecule has 0 saturated carbocycles. The van der Waals surface area contributed by atoms with Crippen LogP contribution in [-0.4, -0.2) is 56.6 Å². The molecule has 6 nitrogen and oxygen atoms in total. The second kappa shape index (κ2) is 6.34. The number of amides is 2. The normalized spacial score (nSPS) is 24.7. The third kappa shape index (κ3) is 2.64. The van der Waals surface area contributed by atoms with E-state index in [4.69, 9.17) is 0 Å². The molecule has 2 fully saturated rings. The minimum Gasteiger partial charge on any atom is -0.341 e. The lowest BCUT2D eigenvalue weighted by atomic mass is 9.85. The number of piperidine rings is 1. The summed E-state index contributed by atoms with van der Waals surface area (Å²) in [6.07, 6.45) is 6.21. The standard InChI is InChI=1S/C17H26N4O2/c1-3-10-19-11-5-8-17(16(19)23)9-6-12-21(17)15(22)14-7-13-20(4-2)18-14/h7,13H,3-6,8-12H2,1-2H3. The minimum absolute atomic E-state index is 0.0959. The molecule has 1 spiro atoms. The second-order valence-electron chi connectivity index (χ2n) is 6.54. The summed E-state index contributed by atoms with van der Waals surface area (Å²) in [5.41, 5.74) is -0.172. The van der Waals surface area contributed by atoms with Crippen molar-refractivity contribution in [1.82, 2.24) is 19.6 Å². The quantitative estimate of drug-likeness (QED) is 0.852. The summed E-state index contributed by atoms with van der Waals surface area (Å²) < 4.78 is 1.75. The van der Waals surface area contributed by atoms with E-state index >= 15 is 0 Å². The fourth-order valence-electron chi connectivity index (χ4n) is 4.00. The van der Waals surface area contributed by atoms with Crippen molar-refractivity contribution in [2.75, 3.05) is 19.6 Å². The third-order valence-electron chi connectivity index (χ3n) is 5.11. The first-order chi connectivity index (χ1) is 11.1. The molecule has 23 heavy (non-hydrogen) atoms. The van der Waals surface area contributed by atoms with E-state index in [-0.39, 0.29) is 11.8 Å². The van der Waals surface area contributed by atoms with E-state index in [1.165, 1.54) is 0 Å². The minimum atomic E-state index is -0.625. The molecule has 1 unspecified atom stereocenters. The zero-order valence-electron chi connectivity index (χ0n) is 14.1. The van der Waals surface area contributed by atoms with E-state index < -0.39 is 5.54 Å². The van der Waals surface area contributed by atoms with Gasteiger partial charge in [-0.1, -0.05) is 6.92 Å². The van der Waals surface area contributed by atoms with Gasteiger partial charge in [-0.05, 0) is 45.1 Å². The molecule has 2 saturated heterocycles. The Balaban J connectivity index is 1.86. The van der Waals surface area contributed by atoms with Gasteiger partial charge in [-0.3, -0.25) is 14.3 Å². The fraction of sp³-hybridized carbons (Fsp3) is 0.706. The van der Waals surface area contributed by atoms with Crippen molar-refractivity contribution in [1.29, 1.82) is 0 Å². The zero-order valence-corrected chi connectivity index (χ0v) is 14.1. The van der Waals surface area contributed by atoms with Gasteiger partial charge in [-0.2, -0.15) is 5.10 Å². The lowest BCUT2D eigenvalue weighted by Crippen LogP contribution is -2.61. The van der Waals surface area contributed by atoms with Crippen LogP contribution in [0.1, 0.15) is 56.4 Å². The number of hydrogen-bond acceptors (Lipinski definition) is 3. The number of nitrogens with zero attached hydrogens (tertiary/aromatic N) is 4. The van der Waals surface area contributed by atoms with Crippen LogP contribution >= 0.6 is 0 Å². The van der Waals surface area contributed by atoms with E-state index in [1.54, 1.807) is 15.6 Å². The Labute approximate surface area is 137 Å². The number of likely N-dealkylation sites (tertiary alicyclic amines) is 2. The number of carbonyl (C=O) groups is 2. The second-order valence-corrected chi connectivity index (χ2v) is 6.54. The number of rotatable bonds is 4. The molecule has 0 radical (unpaired) electrons. The summed E-state index contributed by atoms with van der Waals surface area (Å²) in [5, 5.41) is 4.33. The molecule has 2 aliphatic heterocycles. The Bertz CT molecular complexity index is 595. The molecule has 6 heteroatoms. The van der Waals surface area contributed by atoms with Gasteiger partial charge in [-0.25, -0.2) is 0 Å². The van der Waals surface area contributed by atoms with E-state index in [9.17, 15) is 9.59 Å². The first-order valence-corrected chi connectivity index (χ1v) is 8.77. The first kappa shape index (κ1) is 16.0. The van der Waals surface area contributed by atoms with Gasteiger partial charge in [-0.15, -0.1) is 0 Å². The van der Waals surface area contributed by atoms with E-state index in [0.29, 0.717) is 12.2 Å². The van der Waals surface area contributed by atoms with Crippen LogP contribution in [0.3, 0.4) is 0 Å². The van der Waals surface area contributed by atoms with E-state index in [2.05, 4.69) is 12.0 Å². The topological polar surface area (TPSA) is 58.4 Å². The number of hydrogen-bond donors (Lipinski definition) is 0. The summed E-state index contributed by atoms with van der Waals surface area (Å²) in [4.78, 5) is 29.7. The molecule has 0 aliphatic carbocycles. The van der Waals surface area contributed by atoms with Gasteiger partial charge in [0.1, 0.15) is 11.2 Å². The third-order valence-corrected chi connectivity index (χ3v) is 5.11. The predicted octanol–water partition coefficient (Wildman–Crippen LogP) is 1.91. The van der Waals surface area contributed by atoms with Gasteiger partial charge in [0, 0.05) is 32.4 Å². The first-order valence-electron chi connectivity index (χ1n) is 8.77. The highest BCUT2D eigenvalue weighted by Crippen LogP contribution is 2.39. The lowest BCUT2D eigenvalue weighted by molar-refractivity contribution is -0.145. The Morgan fingerprint density at radius 2 is 2.00 bits per heavy atom. The Hall–Kier alpha value is -1.85. The van der Waals surface area contributed by atoms with Gasteiger partial charge in [0.25, 0.3) is 5.91 Å². The Morgan fingerprint density at radius 3 is 2.65 bits per heavy atom. The highest BCUT2D eigenvalue weighted by molar-refractivity contribution is 5.98. The smallest absolute Gasteiger partial charge is 0.275 e. The van der Waals surface area contributed by atoms with Crippen molar-refractivity contribution < 1.29 is 9.59 Å². The van der Waals surface area contributed by atoms with Crippen molar-refractivity contribution in [2.24, 2.45) is 0 Å². The van der Waals surface area contributed by atoms with Crippen LogP contribution < -0.4 is 0 Å². The number of carbonyl (C=O) groups excluding carboxylic acids is 2. The molecule has 2 aliphatic rings. The summed E-state index contributed by atoms with van der Waals surface area (Å²) in [6, 6.07) is 1.76. The maximum absolute atomic E-state index is 13.1. The SMILES string of the molecule is CCCN1CCCC2(CCCN2C(=O)c2ccn(CC)n2)C1=O. The lowest BCUT2D eigenvalue weighted by Gasteiger charge is -2.44. The summed E-state index contributed by atoms with van der Waals surface area (Å²) in [7, 11) is 0. The van der Waals surface area contributed by atoms with Crippen molar-refractivity contribution in [2.45, 2.75) is 58.0 Å². The van der Waals surface area contributed by atoms with Crippen LogP contribution in [0.2, 0.25) is 0 Å². The maximum Gasteiger partial charge on any atom is 0.275 e. The fourth-order valence-corrected chi connectivity index (χ4v) is 4.00. The van der Waals surface area contributed by atoms with E-state index in [1.807, 2.05) is 18.0 Å². The van der Waals surface area contributed by atoms with E-state index in [0.717, 1.165) is 51.7 Å². The molecule has 1 aromatic rings. The molecule has 3 heterocycles. The van der Waals surface area contributed by atoms with Gasteiger partial charge in [0.05, 0.1) is 0 Å². The average molecular weight is 318 g/mol. The molecule has 3 rings (SSSR count). The van der Waals surface area contributed by atoms with Crippen molar-refractivity contribution >= 4 is 11.8 Å². The van der Waals surface area contributed by atoms with Crippen LogP contribution in [-0.2, 0) is 11.3 Å². The van der Waals surface area contributed by atoms with Crippen LogP contribution in [0.25, 0.3) is 0 Å². The van der Waals surface area contributed by atoms with Crippen molar-refractivity contribution in [3.63, 3.8) is 0 Å². The van der Waals surface area contributed by atoms with Crippen LogP contribution in [0.15, 0.2) is 12.3 Å². The van der Waals surface area contributed by atoms with Crippen LogP contribution in [0, 0.1) is 0 Å². The molecular formula is C17H26N4O2. The maximum atomic E-state index is 13.1. The van der Waals surface area contributed by atoms with Crippen LogP contribution in [0.5, 0.6) is 0 Å². The van der Waals surface area contributed by atoms with Crippen molar-refractivity contribution in [3.05, 3.63) is 18.0 Å². The van der Waals surface area contributed by atoms with Gasteiger partial charge >= 0.3 is 0 Å². The number of aromatic nitrogens is 2. The summed E-state index contributed by atoms with van der Waals surface area (Å²) in [6.45, 7) is 7.08. The number of aryl methyl sites for hydroxylation is 1. The summed E-state index contributed by atoms with van der Waals surface area (Å²) >= 11 is 0. The van der Waals surface area contributed by atoms with Gasteiger partial charge < -0.3 is 9.80 Å². The average Bonchev–Trinajstić information content (AvgIpc) is 3.19. The predicted molar refractivity (Wildman–Crippen MR) is 87.0 cm³/mol. The molecule has 126 valence electrons. The van der Waals surface area contributed by atoms with Gasteiger partial charge in [0.15, 0.2) is 0 Å². The highest BCUT2D eigenvalue weighted by atomic mass is 16.2. The Morgan fingerprint density at radius 1 is 1.26 bits per heavy atom. The molecule has 0 bridgehead atoms. The van der Waals surface area contributed by atoms with Gasteiger partial charge in [0.2, 0.25) is 5.91 Å². The molecule has 2 amide bonds. The zero-order chi connectivity index (χ0) is 16.4. The molecule has 1 atom stereocenters. The van der Waals surface area contributed by atoms with Crippen molar-refractivity contribution in [3.8, 4) is 0 Å². The molecular weight excluding hydrogens is 292 g/mol. The molecule has 0 aromatic carbocycles. The highest BCUT2D eigenvalue weighted by Gasteiger charge is 2.52. The Kier molecular flexibility index (Phi) is 4.41. The molecule has 0 N–H and O–H groups in total. The largest absolute Gasteiger partial charge is 0.341 e. The molecule has 1 aromatic heterocycles. The van der Waals surface area contributed by atoms with Crippen LogP contribution in [0.4, 0.5) is 0 Å². The monoisotopic (exact) mass is 318 g/mol.